The van der Waals surface area contributed by atoms with E-state index in [1.807, 2.05) is 20.0 Å². The molecule has 0 bridgehead atoms. The van der Waals surface area contributed by atoms with Gasteiger partial charge in [-0.1, -0.05) is 19.9 Å². The van der Waals surface area contributed by atoms with Gasteiger partial charge < -0.3 is 10.4 Å². The number of nitrogens with one attached hydrogen (secondary N) is 1. The molecule has 0 radical (unpaired) electrons. The van der Waals surface area contributed by atoms with Crippen LogP contribution in [0, 0.1) is 0 Å². The van der Waals surface area contributed by atoms with Gasteiger partial charge in [0.1, 0.15) is 0 Å². The minimum absolute atomic E-state index is 1.00. The summed E-state index contributed by atoms with van der Waals surface area (Å²) in [6.07, 6.45) is 6.73. The number of allylic oxidation sites excluding steroid dienone is 1. The van der Waals surface area contributed by atoms with Crippen molar-refractivity contribution in [3.05, 3.63) is 12.3 Å². The van der Waals surface area contributed by atoms with Crippen molar-refractivity contribution in [1.29, 1.82) is 0 Å². The predicted octanol–water partition coefficient (Wildman–Crippen LogP) is 1.52. The van der Waals surface area contributed by atoms with E-state index in [2.05, 4.69) is 11.4 Å². The third-order valence-corrected chi connectivity index (χ3v) is 0.928. The number of rotatable bonds is 0. The maximum absolute atomic E-state index is 7.00. The van der Waals surface area contributed by atoms with Crippen molar-refractivity contribution in [3.8, 4) is 0 Å². The largest absolute Gasteiger partial charge is 0.400 e. The quantitative estimate of drug-likeness (QED) is 0.541. The number of hydrogen-bond donors (Lipinski definition) is 2. The standard InChI is InChI=1S/C5H9N.C2H6.CH4O/c1-2-4-6-5-3-1;2*1-2/h2,4,6H,1,3,5H2;1-2H3;2H,1H3. The van der Waals surface area contributed by atoms with Crippen molar-refractivity contribution in [1.82, 2.24) is 5.32 Å². The van der Waals surface area contributed by atoms with Crippen LogP contribution in [0.4, 0.5) is 0 Å². The van der Waals surface area contributed by atoms with Gasteiger partial charge in [-0.3, -0.25) is 0 Å². The summed E-state index contributed by atoms with van der Waals surface area (Å²) in [6.45, 7) is 5.16. The molecule has 0 aromatic rings. The van der Waals surface area contributed by atoms with Crippen molar-refractivity contribution in [3.63, 3.8) is 0 Å². The van der Waals surface area contributed by atoms with Gasteiger partial charge in [0.15, 0.2) is 0 Å². The Morgan fingerprint density at radius 2 is 1.90 bits per heavy atom. The van der Waals surface area contributed by atoms with E-state index in [1.165, 1.54) is 12.8 Å². The molecule has 0 unspecified atom stereocenters. The second kappa shape index (κ2) is 15.8. The second-order valence-corrected chi connectivity index (χ2v) is 1.50. The summed E-state index contributed by atoms with van der Waals surface area (Å²) in [5.74, 6) is 0. The minimum atomic E-state index is 1.00. The lowest BCUT2D eigenvalue weighted by atomic mass is 10.2. The lowest BCUT2D eigenvalue weighted by Crippen LogP contribution is -2.09. The fourth-order valence-electron chi connectivity index (χ4n) is 0.572. The topological polar surface area (TPSA) is 32.3 Å². The molecule has 0 saturated carbocycles. The molecule has 0 aromatic carbocycles. The summed E-state index contributed by atoms with van der Waals surface area (Å²) in [6, 6.07) is 0. The lowest BCUT2D eigenvalue weighted by Gasteiger charge is -2.02. The van der Waals surface area contributed by atoms with Gasteiger partial charge in [-0.15, -0.1) is 0 Å². The number of aliphatic hydroxyl groups excluding tert-OH is 1. The van der Waals surface area contributed by atoms with Crippen LogP contribution in [0.5, 0.6) is 0 Å². The van der Waals surface area contributed by atoms with Crippen LogP contribution in [0.3, 0.4) is 0 Å². The molecule has 2 heteroatoms. The first kappa shape index (κ1) is 12.2. The molecule has 0 fully saturated rings. The molecule has 10 heavy (non-hydrogen) atoms. The molecule has 2 nitrogen and oxygen atoms in total. The Hall–Kier alpha value is -0.500. The zero-order chi connectivity index (χ0) is 8.24. The van der Waals surface area contributed by atoms with Crippen molar-refractivity contribution in [2.75, 3.05) is 13.7 Å². The molecule has 2 N–H and O–H groups in total. The second-order valence-electron chi connectivity index (χ2n) is 1.50. The smallest absolute Gasteiger partial charge is 0.0319 e. The first-order valence-electron chi connectivity index (χ1n) is 3.83. The van der Waals surface area contributed by atoms with Crippen LogP contribution in [0.2, 0.25) is 0 Å². The van der Waals surface area contributed by atoms with Crippen molar-refractivity contribution in [2.45, 2.75) is 26.7 Å². The Kier molecular flexibility index (Phi) is 19.3. The highest BCUT2D eigenvalue weighted by Gasteiger charge is 1.84. The predicted molar refractivity (Wildman–Crippen MR) is 45.9 cm³/mol. The van der Waals surface area contributed by atoms with Gasteiger partial charge in [-0.2, -0.15) is 0 Å². The normalized spacial score (nSPS) is 13.2. The minimum Gasteiger partial charge on any atom is -0.400 e. The maximum Gasteiger partial charge on any atom is 0.0319 e. The summed E-state index contributed by atoms with van der Waals surface area (Å²) in [7, 11) is 1.00. The van der Waals surface area contributed by atoms with Crippen LogP contribution < -0.4 is 5.32 Å². The Labute approximate surface area is 64.0 Å². The first-order valence-corrected chi connectivity index (χ1v) is 3.83. The van der Waals surface area contributed by atoms with Gasteiger partial charge in [0.2, 0.25) is 0 Å². The Balaban J connectivity index is 0. The van der Waals surface area contributed by atoms with E-state index in [-0.39, 0.29) is 0 Å². The number of hydrogen-bond acceptors (Lipinski definition) is 2. The fraction of sp³-hybridized carbons (Fsp3) is 0.750. The Morgan fingerprint density at radius 1 is 1.30 bits per heavy atom. The van der Waals surface area contributed by atoms with Crippen molar-refractivity contribution in [2.24, 2.45) is 0 Å². The van der Waals surface area contributed by atoms with E-state index < -0.39 is 0 Å². The summed E-state index contributed by atoms with van der Waals surface area (Å²) in [5, 5.41) is 10.1. The third-order valence-electron chi connectivity index (χ3n) is 0.928. The highest BCUT2D eigenvalue weighted by atomic mass is 16.2. The third kappa shape index (κ3) is 10.5. The molecule has 1 aliphatic rings. The molecule has 0 spiro atoms. The molecule has 0 aliphatic carbocycles. The van der Waals surface area contributed by atoms with Crippen molar-refractivity contribution < 1.29 is 5.11 Å². The average Bonchev–Trinajstić information content (AvgIpc) is 2.14. The van der Waals surface area contributed by atoms with E-state index in [0.29, 0.717) is 0 Å². The lowest BCUT2D eigenvalue weighted by molar-refractivity contribution is 0.399. The van der Waals surface area contributed by atoms with Crippen LogP contribution >= 0.6 is 0 Å². The van der Waals surface area contributed by atoms with Crippen molar-refractivity contribution >= 4 is 0 Å². The zero-order valence-corrected chi connectivity index (χ0v) is 7.22. The Bertz CT molecular complexity index is 54.3. The summed E-state index contributed by atoms with van der Waals surface area (Å²) in [5.41, 5.74) is 0. The maximum atomic E-state index is 7.00. The van der Waals surface area contributed by atoms with E-state index in [1.54, 1.807) is 0 Å². The molecule has 1 heterocycles. The molecular weight excluding hydrogens is 126 g/mol. The highest BCUT2D eigenvalue weighted by molar-refractivity contribution is 4.83. The van der Waals surface area contributed by atoms with Gasteiger partial charge in [0.05, 0.1) is 0 Å². The Morgan fingerprint density at radius 3 is 2.00 bits per heavy atom. The molecule has 0 aromatic heterocycles. The summed E-state index contributed by atoms with van der Waals surface area (Å²) >= 11 is 0. The highest BCUT2D eigenvalue weighted by Crippen LogP contribution is 1.91. The SMILES string of the molecule is C1=CNCCC1.CC.CO. The van der Waals surface area contributed by atoms with E-state index in [9.17, 15) is 0 Å². The fourth-order valence-corrected chi connectivity index (χ4v) is 0.572. The van der Waals surface area contributed by atoms with Crippen LogP contribution in [0.1, 0.15) is 26.7 Å². The first-order chi connectivity index (χ1) is 5.00. The van der Waals surface area contributed by atoms with Crippen LogP contribution in [0.15, 0.2) is 12.3 Å². The zero-order valence-electron chi connectivity index (χ0n) is 7.22. The van der Waals surface area contributed by atoms with Crippen LogP contribution in [0.25, 0.3) is 0 Å². The molecule has 0 saturated heterocycles. The molecule has 0 atom stereocenters. The van der Waals surface area contributed by atoms with E-state index >= 15 is 0 Å². The molecule has 1 aliphatic heterocycles. The monoisotopic (exact) mass is 145 g/mol. The van der Waals surface area contributed by atoms with Gasteiger partial charge in [-0.25, -0.2) is 0 Å². The van der Waals surface area contributed by atoms with Gasteiger partial charge in [0, 0.05) is 13.7 Å². The van der Waals surface area contributed by atoms with Gasteiger partial charge in [-0.05, 0) is 19.0 Å². The van der Waals surface area contributed by atoms with Gasteiger partial charge in [0.25, 0.3) is 0 Å². The molecule has 62 valence electrons. The van der Waals surface area contributed by atoms with Gasteiger partial charge >= 0.3 is 0 Å². The van der Waals surface area contributed by atoms with E-state index in [0.717, 1.165) is 13.7 Å². The number of aliphatic hydroxyl groups is 1. The van der Waals surface area contributed by atoms with E-state index in [4.69, 9.17) is 5.11 Å². The average molecular weight is 145 g/mol. The van der Waals surface area contributed by atoms with Crippen LogP contribution in [-0.4, -0.2) is 18.8 Å². The molecule has 1 rings (SSSR count). The molecule has 0 amide bonds. The summed E-state index contributed by atoms with van der Waals surface area (Å²) < 4.78 is 0. The summed E-state index contributed by atoms with van der Waals surface area (Å²) in [4.78, 5) is 0. The molecular formula is C8H19NO. The van der Waals surface area contributed by atoms with Crippen LogP contribution in [-0.2, 0) is 0 Å².